The highest BCUT2D eigenvalue weighted by Crippen LogP contribution is 2.25. The molecule has 0 saturated heterocycles. The Hall–Kier alpha value is -2.61. The van der Waals surface area contributed by atoms with E-state index in [0.29, 0.717) is 16.9 Å². The van der Waals surface area contributed by atoms with Crippen molar-refractivity contribution in [3.05, 3.63) is 59.0 Å². The number of thioether (sulfide) groups is 1. The highest BCUT2D eigenvalue weighted by Gasteiger charge is 2.19. The molecule has 0 radical (unpaired) electrons. The van der Waals surface area contributed by atoms with E-state index in [9.17, 15) is 9.18 Å². The molecule has 3 rings (SSSR count). The number of carbonyl (C=O) groups is 1. The van der Waals surface area contributed by atoms with Gasteiger partial charge in [0, 0.05) is 23.5 Å². The van der Waals surface area contributed by atoms with Crippen LogP contribution in [0.3, 0.4) is 0 Å². The van der Waals surface area contributed by atoms with Crippen LogP contribution in [0.2, 0.25) is 0 Å². The van der Waals surface area contributed by atoms with Crippen molar-refractivity contribution in [2.45, 2.75) is 52.0 Å². The number of benzene rings is 1. The van der Waals surface area contributed by atoms with Crippen LogP contribution in [-0.2, 0) is 6.54 Å². The van der Waals surface area contributed by atoms with Crippen LogP contribution in [0, 0.1) is 19.7 Å². The smallest absolute Gasteiger partial charge is 0.277 e. The minimum atomic E-state index is -0.494. The number of carbonyl (C=O) groups excluding carboxylic acids is 1. The second-order valence-electron chi connectivity index (χ2n) is 6.77. The first-order valence-corrected chi connectivity index (χ1v) is 10.5. The standard InChI is InChI=1S/C21H24FN3O3S/c1-5-10-25-13(2)11-18(14(25)3)19(26)12-29-21-24-23-20(28-21)15(4)27-17-8-6-16(22)7-9-17/h6-9,11,15H,5,10,12H2,1-4H3/t15-/m0/s1. The second-order valence-corrected chi connectivity index (χ2v) is 7.70. The average Bonchev–Trinajstić information content (AvgIpc) is 3.28. The number of nitrogens with zero attached hydrogens (tertiary/aromatic N) is 3. The van der Waals surface area contributed by atoms with E-state index in [1.807, 2.05) is 19.9 Å². The molecule has 0 spiro atoms. The third-order valence-corrected chi connectivity index (χ3v) is 5.36. The van der Waals surface area contributed by atoms with Crippen molar-refractivity contribution in [1.82, 2.24) is 14.8 Å². The summed E-state index contributed by atoms with van der Waals surface area (Å²) in [5.74, 6) is 0.711. The second kappa shape index (κ2) is 9.26. The number of hydrogen-bond donors (Lipinski definition) is 0. The molecule has 2 aromatic heterocycles. The molecule has 2 heterocycles. The molecule has 0 amide bonds. The number of ketones is 1. The molecule has 3 aromatic rings. The Morgan fingerprint density at radius 1 is 1.28 bits per heavy atom. The molecule has 0 unspecified atom stereocenters. The monoisotopic (exact) mass is 417 g/mol. The van der Waals surface area contributed by atoms with Crippen molar-refractivity contribution in [3.63, 3.8) is 0 Å². The molecule has 154 valence electrons. The summed E-state index contributed by atoms with van der Waals surface area (Å²) >= 11 is 1.20. The van der Waals surface area contributed by atoms with Crippen LogP contribution in [0.25, 0.3) is 0 Å². The topological polar surface area (TPSA) is 70.2 Å². The summed E-state index contributed by atoms with van der Waals surface area (Å²) in [7, 11) is 0. The van der Waals surface area contributed by atoms with Gasteiger partial charge in [-0.2, -0.15) is 0 Å². The van der Waals surface area contributed by atoms with Gasteiger partial charge in [0.25, 0.3) is 11.1 Å². The number of hydrogen-bond acceptors (Lipinski definition) is 6. The fraction of sp³-hybridized carbons (Fsp3) is 0.381. The zero-order chi connectivity index (χ0) is 21.0. The molecule has 1 atom stereocenters. The van der Waals surface area contributed by atoms with Crippen LogP contribution in [0.1, 0.15) is 54.0 Å². The van der Waals surface area contributed by atoms with Crippen molar-refractivity contribution in [3.8, 4) is 5.75 Å². The first-order chi connectivity index (χ1) is 13.9. The van der Waals surface area contributed by atoms with Gasteiger partial charge in [-0.05, 0) is 57.5 Å². The lowest BCUT2D eigenvalue weighted by Crippen LogP contribution is -2.06. The Kier molecular flexibility index (Phi) is 6.74. The lowest BCUT2D eigenvalue weighted by molar-refractivity contribution is 0.102. The van der Waals surface area contributed by atoms with E-state index < -0.39 is 6.10 Å². The number of ether oxygens (including phenoxy) is 1. The molecule has 29 heavy (non-hydrogen) atoms. The zero-order valence-electron chi connectivity index (χ0n) is 16.9. The van der Waals surface area contributed by atoms with Crippen LogP contribution in [0.15, 0.2) is 40.0 Å². The molecule has 0 aliphatic carbocycles. The maximum Gasteiger partial charge on any atom is 0.277 e. The molecule has 0 fully saturated rings. The summed E-state index contributed by atoms with van der Waals surface area (Å²) in [6, 6.07) is 7.64. The fourth-order valence-corrected chi connectivity index (χ4v) is 3.72. The summed E-state index contributed by atoms with van der Waals surface area (Å²) in [5.41, 5.74) is 2.81. The van der Waals surface area contributed by atoms with E-state index >= 15 is 0 Å². The van der Waals surface area contributed by atoms with Gasteiger partial charge in [0.15, 0.2) is 11.9 Å². The predicted molar refractivity (Wildman–Crippen MR) is 109 cm³/mol. The van der Waals surface area contributed by atoms with Crippen molar-refractivity contribution in [2.75, 3.05) is 5.75 Å². The molecule has 8 heteroatoms. The maximum absolute atomic E-state index is 13.0. The van der Waals surface area contributed by atoms with E-state index in [-0.39, 0.29) is 17.4 Å². The van der Waals surface area contributed by atoms with Gasteiger partial charge in [-0.25, -0.2) is 4.39 Å². The van der Waals surface area contributed by atoms with E-state index in [4.69, 9.17) is 9.15 Å². The van der Waals surface area contributed by atoms with E-state index in [0.717, 1.165) is 29.9 Å². The van der Waals surface area contributed by atoms with Crippen molar-refractivity contribution in [2.24, 2.45) is 0 Å². The molecule has 0 bridgehead atoms. The van der Waals surface area contributed by atoms with Gasteiger partial charge in [-0.15, -0.1) is 10.2 Å². The van der Waals surface area contributed by atoms with Gasteiger partial charge < -0.3 is 13.7 Å². The van der Waals surface area contributed by atoms with Gasteiger partial charge >= 0.3 is 0 Å². The van der Waals surface area contributed by atoms with Gasteiger partial charge in [0.1, 0.15) is 11.6 Å². The van der Waals surface area contributed by atoms with Crippen LogP contribution >= 0.6 is 11.8 Å². The molecule has 0 aliphatic heterocycles. The van der Waals surface area contributed by atoms with Crippen LogP contribution in [0.4, 0.5) is 4.39 Å². The largest absolute Gasteiger partial charge is 0.481 e. The van der Waals surface area contributed by atoms with E-state index in [2.05, 4.69) is 21.7 Å². The van der Waals surface area contributed by atoms with Crippen LogP contribution in [-0.4, -0.2) is 26.3 Å². The van der Waals surface area contributed by atoms with Gasteiger partial charge in [0.2, 0.25) is 0 Å². The quantitative estimate of drug-likeness (QED) is 0.354. The first kappa shape index (κ1) is 21.1. The summed E-state index contributed by atoms with van der Waals surface area (Å²) in [4.78, 5) is 12.6. The zero-order valence-corrected chi connectivity index (χ0v) is 17.8. The highest BCUT2D eigenvalue weighted by molar-refractivity contribution is 7.99. The van der Waals surface area contributed by atoms with E-state index in [1.165, 1.54) is 36.0 Å². The Bertz CT molecular complexity index is 982. The summed E-state index contributed by atoms with van der Waals surface area (Å²) < 4.78 is 26.4. The molecule has 0 aliphatic rings. The Morgan fingerprint density at radius 2 is 2.00 bits per heavy atom. The number of aryl methyl sites for hydroxylation is 1. The number of Topliss-reactive ketones (excluding diaryl/α,β-unsaturated/α-hetero) is 1. The normalized spacial score (nSPS) is 12.2. The minimum Gasteiger partial charge on any atom is -0.481 e. The summed E-state index contributed by atoms with van der Waals surface area (Å²) in [6.07, 6.45) is 0.521. The summed E-state index contributed by atoms with van der Waals surface area (Å²) in [5, 5.41) is 8.28. The average molecular weight is 418 g/mol. The number of halogens is 1. The molecule has 1 aromatic carbocycles. The first-order valence-electron chi connectivity index (χ1n) is 9.47. The van der Waals surface area contributed by atoms with Crippen molar-refractivity contribution in [1.29, 1.82) is 0 Å². The highest BCUT2D eigenvalue weighted by atomic mass is 32.2. The van der Waals surface area contributed by atoms with Gasteiger partial charge in [0.05, 0.1) is 5.75 Å². The minimum absolute atomic E-state index is 0.0285. The van der Waals surface area contributed by atoms with E-state index in [1.54, 1.807) is 6.92 Å². The van der Waals surface area contributed by atoms with Crippen molar-refractivity contribution >= 4 is 17.5 Å². The third kappa shape index (κ3) is 5.06. The Balaban J connectivity index is 1.59. The van der Waals surface area contributed by atoms with Crippen molar-refractivity contribution < 1.29 is 18.3 Å². The number of rotatable bonds is 9. The van der Waals surface area contributed by atoms with Gasteiger partial charge in [-0.3, -0.25) is 4.79 Å². The van der Waals surface area contributed by atoms with Crippen LogP contribution < -0.4 is 4.74 Å². The predicted octanol–water partition coefficient (Wildman–Crippen LogP) is 5.15. The van der Waals surface area contributed by atoms with Gasteiger partial charge in [-0.1, -0.05) is 18.7 Å². The lowest BCUT2D eigenvalue weighted by Gasteiger charge is -2.10. The molecule has 0 N–H and O–H groups in total. The molecular weight excluding hydrogens is 393 g/mol. The third-order valence-electron chi connectivity index (χ3n) is 4.54. The van der Waals surface area contributed by atoms with Crippen LogP contribution in [0.5, 0.6) is 5.75 Å². The molecular formula is C21H24FN3O3S. The Morgan fingerprint density at radius 3 is 2.69 bits per heavy atom. The summed E-state index contributed by atoms with van der Waals surface area (Å²) in [6.45, 7) is 8.76. The molecule has 0 saturated carbocycles. The SMILES string of the molecule is CCCn1c(C)cc(C(=O)CSc2nnc([C@H](C)Oc3ccc(F)cc3)o2)c1C. The number of aromatic nitrogens is 3. The fourth-order valence-electron chi connectivity index (χ4n) is 3.07. The lowest BCUT2D eigenvalue weighted by atomic mass is 10.2. The Labute approximate surface area is 173 Å². The molecule has 6 nitrogen and oxygen atoms in total. The maximum atomic E-state index is 13.0.